The second-order valence-corrected chi connectivity index (χ2v) is 6.02. The Labute approximate surface area is 129 Å². The van der Waals surface area contributed by atoms with E-state index in [0.29, 0.717) is 0 Å². The van der Waals surface area contributed by atoms with Crippen molar-refractivity contribution in [2.24, 2.45) is 0 Å². The number of rotatable bonds is 7. The first-order chi connectivity index (χ1) is 10.1. The molecule has 118 valence electrons. The van der Waals surface area contributed by atoms with Gasteiger partial charge in [-0.2, -0.15) is 0 Å². The molecule has 1 aromatic rings. The number of benzene rings is 1. The molecule has 3 unspecified atom stereocenters. The zero-order valence-electron chi connectivity index (χ0n) is 13.8. The monoisotopic (exact) mass is 291 g/mol. The predicted octanol–water partition coefficient (Wildman–Crippen LogP) is 3.48. The van der Waals surface area contributed by atoms with E-state index in [0.717, 1.165) is 32.4 Å². The van der Waals surface area contributed by atoms with Crippen LogP contribution in [0.5, 0.6) is 0 Å². The summed E-state index contributed by atoms with van der Waals surface area (Å²) in [6, 6.07) is 8.95. The van der Waals surface area contributed by atoms with E-state index in [2.05, 4.69) is 50.4 Å². The van der Waals surface area contributed by atoms with E-state index in [1.54, 1.807) is 0 Å². The van der Waals surface area contributed by atoms with Gasteiger partial charge in [0.2, 0.25) is 0 Å². The first-order valence-electron chi connectivity index (χ1n) is 8.12. The Bertz CT molecular complexity index is 443. The van der Waals surface area contributed by atoms with Gasteiger partial charge in [-0.1, -0.05) is 38.1 Å². The van der Waals surface area contributed by atoms with Crippen LogP contribution in [0.1, 0.15) is 50.8 Å². The molecule has 0 amide bonds. The number of hydrogen-bond donors (Lipinski definition) is 1. The third kappa shape index (κ3) is 3.65. The molecule has 0 fully saturated rings. The van der Waals surface area contributed by atoms with Gasteiger partial charge in [0.1, 0.15) is 0 Å². The summed E-state index contributed by atoms with van der Waals surface area (Å²) in [4.78, 5) is 0. The molecule has 3 nitrogen and oxygen atoms in total. The van der Waals surface area contributed by atoms with E-state index in [-0.39, 0.29) is 17.7 Å². The fraction of sp³-hybridized carbons (Fsp3) is 0.667. The molecule has 1 aliphatic rings. The van der Waals surface area contributed by atoms with E-state index in [1.165, 1.54) is 11.1 Å². The van der Waals surface area contributed by atoms with Crippen molar-refractivity contribution in [1.29, 1.82) is 0 Å². The minimum absolute atomic E-state index is 0.161. The van der Waals surface area contributed by atoms with Crippen LogP contribution in [0.15, 0.2) is 24.3 Å². The Morgan fingerprint density at radius 2 is 2.14 bits per heavy atom. The molecule has 21 heavy (non-hydrogen) atoms. The highest BCUT2D eigenvalue weighted by molar-refractivity contribution is 5.31. The Balaban J connectivity index is 2.18. The molecule has 0 saturated heterocycles. The van der Waals surface area contributed by atoms with E-state index in [4.69, 9.17) is 9.47 Å². The fourth-order valence-corrected chi connectivity index (χ4v) is 3.21. The lowest BCUT2D eigenvalue weighted by molar-refractivity contribution is -0.0530. The molecular weight excluding hydrogens is 262 g/mol. The molecule has 0 spiro atoms. The normalized spacial score (nSPS) is 22.4. The molecule has 0 saturated carbocycles. The molecule has 2 rings (SSSR count). The quantitative estimate of drug-likeness (QED) is 0.834. The third-order valence-electron chi connectivity index (χ3n) is 4.90. The SMILES string of the molecule is CCNC(CC1OCCc2ccccc21)C(C)(CC)OC. The van der Waals surface area contributed by atoms with Crippen LogP contribution in [-0.2, 0) is 15.9 Å². The predicted molar refractivity (Wildman–Crippen MR) is 86.6 cm³/mol. The van der Waals surface area contributed by atoms with Crippen LogP contribution in [0.2, 0.25) is 0 Å². The second-order valence-electron chi connectivity index (χ2n) is 6.02. The topological polar surface area (TPSA) is 30.5 Å². The van der Waals surface area contributed by atoms with Crippen molar-refractivity contribution in [3.05, 3.63) is 35.4 Å². The molecule has 1 heterocycles. The van der Waals surface area contributed by atoms with Gasteiger partial charge in [-0.15, -0.1) is 0 Å². The van der Waals surface area contributed by atoms with Crippen molar-refractivity contribution in [2.75, 3.05) is 20.3 Å². The van der Waals surface area contributed by atoms with Crippen molar-refractivity contribution in [3.8, 4) is 0 Å². The summed E-state index contributed by atoms with van der Waals surface area (Å²) < 4.78 is 11.9. The van der Waals surface area contributed by atoms with Crippen LogP contribution < -0.4 is 5.32 Å². The summed E-state index contributed by atoms with van der Waals surface area (Å²) in [5.41, 5.74) is 2.62. The number of ether oxygens (including phenoxy) is 2. The maximum atomic E-state index is 6.07. The van der Waals surface area contributed by atoms with Crippen molar-refractivity contribution in [1.82, 2.24) is 5.32 Å². The lowest BCUT2D eigenvalue weighted by atomic mass is 9.85. The number of methoxy groups -OCH3 is 1. The standard InChI is InChI=1S/C18H29NO2/c1-5-18(3,20-4)17(19-6-2)13-16-15-10-8-7-9-14(15)11-12-21-16/h7-10,16-17,19H,5-6,11-13H2,1-4H3. The van der Waals surface area contributed by atoms with E-state index in [1.807, 2.05) is 7.11 Å². The Kier molecular flexibility index (Phi) is 5.80. The van der Waals surface area contributed by atoms with Gasteiger partial charge in [-0.25, -0.2) is 0 Å². The highest BCUT2D eigenvalue weighted by Crippen LogP contribution is 2.34. The van der Waals surface area contributed by atoms with Gasteiger partial charge in [-0.05, 0) is 43.9 Å². The van der Waals surface area contributed by atoms with E-state index in [9.17, 15) is 0 Å². The number of nitrogens with one attached hydrogen (secondary N) is 1. The van der Waals surface area contributed by atoms with Crippen molar-refractivity contribution < 1.29 is 9.47 Å². The van der Waals surface area contributed by atoms with E-state index >= 15 is 0 Å². The molecule has 0 aliphatic carbocycles. The van der Waals surface area contributed by atoms with Crippen molar-refractivity contribution in [3.63, 3.8) is 0 Å². The minimum atomic E-state index is -0.161. The van der Waals surface area contributed by atoms with Crippen LogP contribution in [0.3, 0.4) is 0 Å². The Morgan fingerprint density at radius 3 is 2.81 bits per heavy atom. The van der Waals surface area contributed by atoms with Crippen molar-refractivity contribution in [2.45, 2.75) is 57.8 Å². The van der Waals surface area contributed by atoms with E-state index < -0.39 is 0 Å². The minimum Gasteiger partial charge on any atom is -0.377 e. The molecule has 3 heteroatoms. The number of likely N-dealkylation sites (N-methyl/N-ethyl adjacent to an activating group) is 1. The highest BCUT2D eigenvalue weighted by Gasteiger charge is 2.35. The summed E-state index contributed by atoms with van der Waals surface area (Å²) in [5.74, 6) is 0. The average molecular weight is 291 g/mol. The molecule has 1 aromatic carbocycles. The van der Waals surface area contributed by atoms with Crippen LogP contribution in [0.25, 0.3) is 0 Å². The first kappa shape index (κ1) is 16.5. The number of hydrogen-bond acceptors (Lipinski definition) is 3. The van der Waals surface area contributed by atoms with Gasteiger partial charge in [-0.3, -0.25) is 0 Å². The largest absolute Gasteiger partial charge is 0.377 e. The maximum absolute atomic E-state index is 6.07. The van der Waals surface area contributed by atoms with Gasteiger partial charge in [0.25, 0.3) is 0 Å². The van der Waals surface area contributed by atoms with Gasteiger partial charge in [0, 0.05) is 13.2 Å². The summed E-state index contributed by atoms with van der Waals surface area (Å²) >= 11 is 0. The molecule has 3 atom stereocenters. The third-order valence-corrected chi connectivity index (χ3v) is 4.90. The number of fused-ring (bicyclic) bond motifs is 1. The molecule has 0 aromatic heterocycles. The van der Waals surface area contributed by atoms with Crippen LogP contribution >= 0.6 is 0 Å². The smallest absolute Gasteiger partial charge is 0.0843 e. The molecular formula is C18H29NO2. The van der Waals surface area contributed by atoms with Crippen LogP contribution in [0.4, 0.5) is 0 Å². The van der Waals surface area contributed by atoms with Crippen LogP contribution in [0, 0.1) is 0 Å². The zero-order chi connectivity index (χ0) is 15.3. The summed E-state index contributed by atoms with van der Waals surface area (Å²) in [6.07, 6.45) is 3.12. The molecule has 0 radical (unpaired) electrons. The van der Waals surface area contributed by atoms with Crippen molar-refractivity contribution >= 4 is 0 Å². The second kappa shape index (κ2) is 7.39. The highest BCUT2D eigenvalue weighted by atomic mass is 16.5. The average Bonchev–Trinajstić information content (AvgIpc) is 2.54. The van der Waals surface area contributed by atoms with Gasteiger partial charge < -0.3 is 14.8 Å². The van der Waals surface area contributed by atoms with Gasteiger partial charge in [0.05, 0.1) is 18.3 Å². The molecule has 1 N–H and O–H groups in total. The lowest BCUT2D eigenvalue weighted by Crippen LogP contribution is -2.50. The van der Waals surface area contributed by atoms with Gasteiger partial charge in [0.15, 0.2) is 0 Å². The van der Waals surface area contributed by atoms with Gasteiger partial charge >= 0.3 is 0 Å². The summed E-state index contributed by atoms with van der Waals surface area (Å²) in [7, 11) is 1.81. The first-order valence-corrected chi connectivity index (χ1v) is 8.12. The zero-order valence-corrected chi connectivity index (χ0v) is 13.8. The maximum Gasteiger partial charge on any atom is 0.0843 e. The lowest BCUT2D eigenvalue weighted by Gasteiger charge is -2.39. The molecule has 0 bridgehead atoms. The van der Waals surface area contributed by atoms with Crippen LogP contribution in [-0.4, -0.2) is 31.9 Å². The Morgan fingerprint density at radius 1 is 1.38 bits per heavy atom. The fourth-order valence-electron chi connectivity index (χ4n) is 3.21. The summed E-state index contributed by atoms with van der Waals surface area (Å²) in [5, 5.41) is 3.60. The summed E-state index contributed by atoms with van der Waals surface area (Å²) in [6.45, 7) is 8.28. The molecule has 1 aliphatic heterocycles. The Hall–Kier alpha value is -0.900.